The van der Waals surface area contributed by atoms with Gasteiger partial charge in [-0.05, 0) is 49.7 Å². The van der Waals surface area contributed by atoms with Gasteiger partial charge in [-0.3, -0.25) is 4.79 Å². The predicted octanol–water partition coefficient (Wildman–Crippen LogP) is 6.71. The molecule has 0 atom stereocenters. The molecule has 0 heterocycles. The standard InChI is InChI=1S/C23H22Cl2N2O2/c1-15(2)29-21-13-6-5-12-20(21)26-22(28)14-16-8-3-4-11-19(16)27-23-17(24)9-7-10-18(23)25/h3-13,15,27H,14H2,1-2H3,(H,26,28). The van der Waals surface area contributed by atoms with Crippen LogP contribution in [0.3, 0.4) is 0 Å². The van der Waals surface area contributed by atoms with Crippen LogP contribution in [-0.4, -0.2) is 12.0 Å². The topological polar surface area (TPSA) is 50.4 Å². The van der Waals surface area contributed by atoms with Crippen LogP contribution in [0.2, 0.25) is 10.0 Å². The quantitative estimate of drug-likeness (QED) is 0.439. The van der Waals surface area contributed by atoms with Crippen LogP contribution < -0.4 is 15.4 Å². The van der Waals surface area contributed by atoms with E-state index in [1.807, 2.05) is 62.4 Å². The normalized spacial score (nSPS) is 10.7. The largest absolute Gasteiger partial charge is 0.489 e. The Morgan fingerprint density at radius 1 is 0.897 bits per heavy atom. The molecule has 6 heteroatoms. The first kappa shape index (κ1) is 21.0. The van der Waals surface area contributed by atoms with Crippen molar-refractivity contribution in [1.82, 2.24) is 0 Å². The average molecular weight is 429 g/mol. The summed E-state index contributed by atoms with van der Waals surface area (Å²) in [5.74, 6) is 0.495. The van der Waals surface area contributed by atoms with Gasteiger partial charge in [0.2, 0.25) is 5.91 Å². The molecular formula is C23H22Cl2N2O2. The molecule has 0 radical (unpaired) electrons. The van der Waals surface area contributed by atoms with Gasteiger partial charge in [-0.2, -0.15) is 0 Å². The van der Waals surface area contributed by atoms with Crippen LogP contribution in [0.4, 0.5) is 17.1 Å². The summed E-state index contributed by atoms with van der Waals surface area (Å²) in [5, 5.41) is 7.20. The Kier molecular flexibility index (Phi) is 7.02. The van der Waals surface area contributed by atoms with Crippen LogP contribution in [0.1, 0.15) is 19.4 Å². The summed E-state index contributed by atoms with van der Waals surface area (Å²) in [4.78, 5) is 12.7. The predicted molar refractivity (Wildman–Crippen MR) is 121 cm³/mol. The number of para-hydroxylation sites is 4. The minimum atomic E-state index is -0.149. The molecule has 0 aliphatic carbocycles. The van der Waals surface area contributed by atoms with Gasteiger partial charge in [0, 0.05) is 5.69 Å². The van der Waals surface area contributed by atoms with Crippen LogP contribution in [-0.2, 0) is 11.2 Å². The molecule has 4 nitrogen and oxygen atoms in total. The van der Waals surface area contributed by atoms with Crippen molar-refractivity contribution in [3.63, 3.8) is 0 Å². The molecular weight excluding hydrogens is 407 g/mol. The molecule has 3 aromatic carbocycles. The van der Waals surface area contributed by atoms with Crippen LogP contribution in [0.5, 0.6) is 5.75 Å². The Bertz CT molecular complexity index is 985. The molecule has 0 spiro atoms. The maximum atomic E-state index is 12.7. The van der Waals surface area contributed by atoms with E-state index in [4.69, 9.17) is 27.9 Å². The van der Waals surface area contributed by atoms with Gasteiger partial charge < -0.3 is 15.4 Å². The first-order valence-electron chi connectivity index (χ1n) is 9.28. The van der Waals surface area contributed by atoms with Gasteiger partial charge in [0.15, 0.2) is 0 Å². The lowest BCUT2D eigenvalue weighted by molar-refractivity contribution is -0.115. The fourth-order valence-corrected chi connectivity index (χ4v) is 3.33. The molecule has 0 saturated carbocycles. The highest BCUT2D eigenvalue weighted by Gasteiger charge is 2.13. The van der Waals surface area contributed by atoms with E-state index < -0.39 is 0 Å². The van der Waals surface area contributed by atoms with E-state index in [-0.39, 0.29) is 18.4 Å². The molecule has 3 aromatic rings. The minimum absolute atomic E-state index is 0.0124. The van der Waals surface area contributed by atoms with Gasteiger partial charge in [-0.1, -0.05) is 59.6 Å². The lowest BCUT2D eigenvalue weighted by atomic mass is 10.1. The maximum Gasteiger partial charge on any atom is 0.228 e. The molecule has 2 N–H and O–H groups in total. The average Bonchev–Trinajstić information content (AvgIpc) is 2.67. The van der Waals surface area contributed by atoms with E-state index in [0.717, 1.165) is 11.3 Å². The molecule has 29 heavy (non-hydrogen) atoms. The highest BCUT2D eigenvalue weighted by molar-refractivity contribution is 6.39. The van der Waals surface area contributed by atoms with Crippen molar-refractivity contribution in [2.75, 3.05) is 10.6 Å². The monoisotopic (exact) mass is 428 g/mol. The Morgan fingerprint density at radius 2 is 1.52 bits per heavy atom. The second-order valence-corrected chi connectivity index (χ2v) is 7.58. The second-order valence-electron chi connectivity index (χ2n) is 6.77. The van der Waals surface area contributed by atoms with Gasteiger partial charge in [-0.15, -0.1) is 0 Å². The first-order valence-corrected chi connectivity index (χ1v) is 10.0. The summed E-state index contributed by atoms with van der Waals surface area (Å²) in [5.41, 5.74) is 2.85. The zero-order chi connectivity index (χ0) is 20.8. The summed E-state index contributed by atoms with van der Waals surface area (Å²) in [6, 6.07) is 20.3. The summed E-state index contributed by atoms with van der Waals surface area (Å²) in [6.45, 7) is 3.89. The van der Waals surface area contributed by atoms with Crippen molar-refractivity contribution in [2.24, 2.45) is 0 Å². The van der Waals surface area contributed by atoms with Crippen LogP contribution >= 0.6 is 23.2 Å². The molecule has 0 bridgehead atoms. The van der Waals surface area contributed by atoms with Crippen molar-refractivity contribution >= 4 is 46.2 Å². The number of halogens is 2. The van der Waals surface area contributed by atoms with E-state index in [2.05, 4.69) is 10.6 Å². The SMILES string of the molecule is CC(C)Oc1ccccc1NC(=O)Cc1ccccc1Nc1c(Cl)cccc1Cl. The highest BCUT2D eigenvalue weighted by atomic mass is 35.5. The molecule has 3 rings (SSSR count). The second kappa shape index (κ2) is 9.68. The summed E-state index contributed by atoms with van der Waals surface area (Å²) in [6.07, 6.45) is 0.194. The van der Waals surface area contributed by atoms with Gasteiger partial charge in [0.25, 0.3) is 0 Å². The van der Waals surface area contributed by atoms with Crippen LogP contribution in [0.15, 0.2) is 66.7 Å². The third kappa shape index (κ3) is 5.66. The van der Waals surface area contributed by atoms with E-state index >= 15 is 0 Å². The molecule has 0 fully saturated rings. The molecule has 0 aliphatic heterocycles. The number of carbonyl (C=O) groups excluding carboxylic acids is 1. The fourth-order valence-electron chi connectivity index (χ4n) is 2.84. The van der Waals surface area contributed by atoms with Crippen molar-refractivity contribution < 1.29 is 9.53 Å². The van der Waals surface area contributed by atoms with Crippen molar-refractivity contribution in [2.45, 2.75) is 26.4 Å². The number of nitrogens with one attached hydrogen (secondary N) is 2. The number of rotatable bonds is 7. The van der Waals surface area contributed by atoms with E-state index in [0.29, 0.717) is 27.2 Å². The minimum Gasteiger partial charge on any atom is -0.489 e. The van der Waals surface area contributed by atoms with E-state index in [9.17, 15) is 4.79 Å². The Morgan fingerprint density at radius 3 is 2.21 bits per heavy atom. The number of ether oxygens (including phenoxy) is 1. The number of anilines is 3. The first-order chi connectivity index (χ1) is 13.9. The Hall–Kier alpha value is -2.69. The lowest BCUT2D eigenvalue weighted by Crippen LogP contribution is -2.17. The van der Waals surface area contributed by atoms with Crippen molar-refractivity contribution in [1.29, 1.82) is 0 Å². The molecule has 0 unspecified atom stereocenters. The van der Waals surface area contributed by atoms with Crippen LogP contribution in [0.25, 0.3) is 0 Å². The number of hydrogen-bond donors (Lipinski definition) is 2. The maximum absolute atomic E-state index is 12.7. The Labute approximate surface area is 180 Å². The van der Waals surface area contributed by atoms with Gasteiger partial charge in [0.1, 0.15) is 5.75 Å². The van der Waals surface area contributed by atoms with Gasteiger partial charge >= 0.3 is 0 Å². The van der Waals surface area contributed by atoms with E-state index in [1.165, 1.54) is 0 Å². The van der Waals surface area contributed by atoms with Crippen molar-refractivity contribution in [3.05, 3.63) is 82.3 Å². The lowest BCUT2D eigenvalue weighted by Gasteiger charge is -2.16. The van der Waals surface area contributed by atoms with Gasteiger partial charge in [0.05, 0.1) is 33.9 Å². The molecule has 0 aliphatic rings. The zero-order valence-electron chi connectivity index (χ0n) is 16.2. The van der Waals surface area contributed by atoms with Crippen LogP contribution in [0, 0.1) is 0 Å². The summed E-state index contributed by atoms with van der Waals surface area (Å²) < 4.78 is 5.77. The zero-order valence-corrected chi connectivity index (χ0v) is 17.7. The van der Waals surface area contributed by atoms with Crippen molar-refractivity contribution in [3.8, 4) is 5.75 Å². The third-order valence-electron chi connectivity index (χ3n) is 4.11. The number of hydrogen-bond acceptors (Lipinski definition) is 3. The molecule has 0 saturated heterocycles. The van der Waals surface area contributed by atoms with E-state index in [1.54, 1.807) is 18.2 Å². The highest BCUT2D eigenvalue weighted by Crippen LogP contribution is 2.34. The molecule has 0 aromatic heterocycles. The summed E-state index contributed by atoms with van der Waals surface area (Å²) >= 11 is 12.5. The number of benzene rings is 3. The third-order valence-corrected chi connectivity index (χ3v) is 4.74. The summed E-state index contributed by atoms with van der Waals surface area (Å²) in [7, 11) is 0. The number of amides is 1. The smallest absolute Gasteiger partial charge is 0.228 e. The molecule has 1 amide bonds. The fraction of sp³-hybridized carbons (Fsp3) is 0.174. The number of carbonyl (C=O) groups is 1. The molecule has 150 valence electrons. The Balaban J connectivity index is 1.77. The van der Waals surface area contributed by atoms with Gasteiger partial charge in [-0.25, -0.2) is 0 Å².